The fourth-order valence-corrected chi connectivity index (χ4v) is 4.02. The van der Waals surface area contributed by atoms with Gasteiger partial charge in [0.15, 0.2) is 15.6 Å². The second-order valence-electron chi connectivity index (χ2n) is 7.50. The molecule has 0 aliphatic carbocycles. The minimum Gasteiger partial charge on any atom is -0.455 e. The lowest BCUT2D eigenvalue weighted by Gasteiger charge is -2.30. The topological polar surface area (TPSA) is 87.9 Å². The van der Waals surface area contributed by atoms with E-state index in [4.69, 9.17) is 4.42 Å². The van der Waals surface area contributed by atoms with Crippen LogP contribution < -0.4 is 4.90 Å². The summed E-state index contributed by atoms with van der Waals surface area (Å²) < 4.78 is 28.4. The molecule has 0 N–H and O–H groups in total. The lowest BCUT2D eigenvalue weighted by Crippen LogP contribution is -2.44. The van der Waals surface area contributed by atoms with Crippen molar-refractivity contribution in [1.29, 1.82) is 0 Å². The summed E-state index contributed by atoms with van der Waals surface area (Å²) in [4.78, 5) is 29.1. The van der Waals surface area contributed by atoms with Crippen molar-refractivity contribution in [2.45, 2.75) is 31.9 Å². The van der Waals surface area contributed by atoms with Crippen LogP contribution in [0, 0.1) is 6.92 Å². The van der Waals surface area contributed by atoms with Crippen LogP contribution in [0.2, 0.25) is 0 Å². The first-order valence-electron chi connectivity index (χ1n) is 9.66. The van der Waals surface area contributed by atoms with Crippen molar-refractivity contribution in [3.05, 3.63) is 53.5 Å². The van der Waals surface area contributed by atoms with Gasteiger partial charge in [0, 0.05) is 25.0 Å². The lowest BCUT2D eigenvalue weighted by atomic mass is 10.1. The van der Waals surface area contributed by atoms with E-state index in [1.807, 2.05) is 19.1 Å². The molecular formula is C21H26N2O5S. The van der Waals surface area contributed by atoms with Crippen LogP contribution in [0.15, 0.2) is 40.8 Å². The Morgan fingerprint density at radius 3 is 2.31 bits per heavy atom. The van der Waals surface area contributed by atoms with E-state index in [1.54, 1.807) is 17.0 Å². The first-order chi connectivity index (χ1) is 13.7. The zero-order valence-electron chi connectivity index (χ0n) is 16.8. The van der Waals surface area contributed by atoms with E-state index in [0.717, 1.165) is 31.1 Å². The van der Waals surface area contributed by atoms with Gasteiger partial charge in [0.1, 0.15) is 18.1 Å². The molecule has 29 heavy (non-hydrogen) atoms. The fraction of sp³-hybridized carbons (Fsp3) is 0.429. The number of furan rings is 1. The van der Waals surface area contributed by atoms with Gasteiger partial charge in [0.25, 0.3) is 5.91 Å². The third-order valence-electron chi connectivity index (χ3n) is 4.87. The average Bonchev–Trinajstić information content (AvgIpc) is 3.13. The molecule has 0 unspecified atom stereocenters. The number of amides is 2. The molecule has 1 saturated heterocycles. The van der Waals surface area contributed by atoms with E-state index in [2.05, 4.69) is 0 Å². The number of likely N-dealkylation sites (tertiary alicyclic amines) is 1. The number of hydrogen-bond acceptors (Lipinski definition) is 5. The van der Waals surface area contributed by atoms with Crippen LogP contribution in [-0.4, -0.2) is 51.0 Å². The summed E-state index contributed by atoms with van der Waals surface area (Å²) in [6.07, 6.45) is 4.15. The van der Waals surface area contributed by atoms with Crippen LogP contribution in [0.4, 0.5) is 5.69 Å². The molecule has 156 valence electrons. The lowest BCUT2D eigenvalue weighted by molar-refractivity contribution is -0.130. The molecule has 1 fully saturated rings. The molecule has 1 aromatic heterocycles. The number of rotatable bonds is 6. The van der Waals surface area contributed by atoms with Crippen molar-refractivity contribution < 1.29 is 22.4 Å². The summed E-state index contributed by atoms with van der Waals surface area (Å²) in [5, 5.41) is 0. The molecule has 8 heteroatoms. The zero-order chi connectivity index (χ0) is 21.0. The molecule has 7 nitrogen and oxygen atoms in total. The second kappa shape index (κ2) is 8.82. The molecule has 2 aromatic rings. The van der Waals surface area contributed by atoms with Crippen molar-refractivity contribution >= 4 is 27.3 Å². The molecule has 1 aliphatic heterocycles. The third-order valence-corrected chi connectivity index (χ3v) is 5.68. The molecule has 1 aromatic carbocycles. The number of carbonyl (C=O) groups excluding carboxylic acids is 2. The third kappa shape index (κ3) is 5.69. The minimum absolute atomic E-state index is 0.00988. The molecule has 2 amide bonds. The highest BCUT2D eigenvalue weighted by Crippen LogP contribution is 2.21. The molecule has 0 bridgehead atoms. The number of hydrogen-bond donors (Lipinski definition) is 0. The maximum atomic E-state index is 13.1. The SMILES string of the molecule is Cc1ccc(N(CC(=O)N2CCCCC2)C(=O)c2ccc(CS(C)(=O)=O)o2)cc1. The van der Waals surface area contributed by atoms with Gasteiger partial charge in [-0.1, -0.05) is 17.7 Å². The van der Waals surface area contributed by atoms with Crippen molar-refractivity contribution in [1.82, 2.24) is 4.90 Å². The van der Waals surface area contributed by atoms with E-state index in [0.29, 0.717) is 18.8 Å². The van der Waals surface area contributed by atoms with Crippen LogP contribution in [0.3, 0.4) is 0 Å². The highest BCUT2D eigenvalue weighted by molar-refractivity contribution is 7.89. The Kier molecular flexibility index (Phi) is 6.42. The van der Waals surface area contributed by atoms with Gasteiger partial charge in [0.2, 0.25) is 5.91 Å². The quantitative estimate of drug-likeness (QED) is 0.720. The molecule has 2 heterocycles. The van der Waals surface area contributed by atoms with Gasteiger partial charge in [-0.05, 0) is 50.5 Å². The van der Waals surface area contributed by atoms with Crippen molar-refractivity contribution in [2.24, 2.45) is 0 Å². The van der Waals surface area contributed by atoms with Gasteiger partial charge < -0.3 is 9.32 Å². The zero-order valence-corrected chi connectivity index (χ0v) is 17.6. The number of piperidine rings is 1. The Morgan fingerprint density at radius 1 is 1.03 bits per heavy atom. The highest BCUT2D eigenvalue weighted by atomic mass is 32.2. The normalized spacial score (nSPS) is 14.6. The molecule has 1 aliphatic rings. The Bertz CT molecular complexity index is 973. The van der Waals surface area contributed by atoms with Crippen molar-refractivity contribution in [3.63, 3.8) is 0 Å². The Labute approximate surface area is 171 Å². The van der Waals surface area contributed by atoms with Crippen molar-refractivity contribution in [3.8, 4) is 0 Å². The largest absolute Gasteiger partial charge is 0.455 e. The van der Waals surface area contributed by atoms with Gasteiger partial charge >= 0.3 is 0 Å². The van der Waals surface area contributed by atoms with E-state index in [9.17, 15) is 18.0 Å². The molecular weight excluding hydrogens is 392 g/mol. The fourth-order valence-electron chi connectivity index (χ4n) is 3.35. The maximum absolute atomic E-state index is 13.1. The summed E-state index contributed by atoms with van der Waals surface area (Å²) in [6.45, 7) is 3.25. The summed E-state index contributed by atoms with van der Waals surface area (Å²) in [5.74, 6) is -0.657. The minimum atomic E-state index is -3.28. The van der Waals surface area contributed by atoms with Crippen molar-refractivity contribution in [2.75, 3.05) is 30.8 Å². The monoisotopic (exact) mass is 418 g/mol. The molecule has 0 radical (unpaired) electrons. The number of aryl methyl sites for hydroxylation is 1. The molecule has 0 saturated carbocycles. The predicted molar refractivity (Wildman–Crippen MR) is 111 cm³/mol. The standard InChI is InChI=1S/C21H26N2O5S/c1-16-6-8-17(9-7-16)23(14-20(24)22-12-4-3-5-13-22)21(25)19-11-10-18(28-19)15-29(2,26)27/h6-11H,3-5,12-15H2,1-2H3. The number of nitrogens with zero attached hydrogens (tertiary/aromatic N) is 2. The maximum Gasteiger partial charge on any atom is 0.294 e. The number of carbonyl (C=O) groups is 2. The number of anilines is 1. The van der Waals surface area contributed by atoms with Gasteiger partial charge in [-0.3, -0.25) is 14.5 Å². The molecule has 3 rings (SSSR count). The second-order valence-corrected chi connectivity index (χ2v) is 9.64. The Balaban J connectivity index is 1.84. The van der Waals surface area contributed by atoms with Gasteiger partial charge in [-0.15, -0.1) is 0 Å². The van der Waals surface area contributed by atoms with Crippen LogP contribution in [0.5, 0.6) is 0 Å². The summed E-state index contributed by atoms with van der Waals surface area (Å²) in [5.41, 5.74) is 1.63. The van der Waals surface area contributed by atoms with E-state index in [-0.39, 0.29) is 29.7 Å². The van der Waals surface area contributed by atoms with Crippen LogP contribution in [-0.2, 0) is 20.4 Å². The molecule has 0 atom stereocenters. The van der Waals surface area contributed by atoms with Gasteiger partial charge in [-0.2, -0.15) is 0 Å². The Morgan fingerprint density at radius 2 is 1.69 bits per heavy atom. The predicted octanol–water partition coefficient (Wildman–Crippen LogP) is 2.79. The van der Waals surface area contributed by atoms with Crippen LogP contribution in [0.25, 0.3) is 0 Å². The first kappa shape index (κ1) is 21.1. The smallest absolute Gasteiger partial charge is 0.294 e. The average molecular weight is 419 g/mol. The number of benzene rings is 1. The van der Waals surface area contributed by atoms with E-state index in [1.165, 1.54) is 17.0 Å². The summed E-state index contributed by atoms with van der Waals surface area (Å²) >= 11 is 0. The summed E-state index contributed by atoms with van der Waals surface area (Å²) in [6, 6.07) is 10.3. The first-order valence-corrected chi connectivity index (χ1v) is 11.7. The summed E-state index contributed by atoms with van der Waals surface area (Å²) in [7, 11) is -3.28. The van der Waals surface area contributed by atoms with Gasteiger partial charge in [-0.25, -0.2) is 8.42 Å². The van der Waals surface area contributed by atoms with E-state index < -0.39 is 15.7 Å². The Hall–Kier alpha value is -2.61. The van der Waals surface area contributed by atoms with Crippen LogP contribution in [0.1, 0.15) is 41.1 Å². The highest BCUT2D eigenvalue weighted by Gasteiger charge is 2.26. The molecule has 0 spiro atoms. The van der Waals surface area contributed by atoms with E-state index >= 15 is 0 Å². The number of sulfone groups is 1. The van der Waals surface area contributed by atoms with Gasteiger partial charge in [0.05, 0.1) is 0 Å². The van der Waals surface area contributed by atoms with Crippen LogP contribution >= 0.6 is 0 Å².